The summed E-state index contributed by atoms with van der Waals surface area (Å²) in [6.45, 7) is 2.00. The molecule has 2 N–H and O–H groups in total. The molecule has 0 aliphatic heterocycles. The van der Waals surface area contributed by atoms with E-state index in [-0.39, 0.29) is 12.0 Å². The van der Waals surface area contributed by atoms with E-state index in [2.05, 4.69) is 9.71 Å². The van der Waals surface area contributed by atoms with Crippen LogP contribution in [0.25, 0.3) is 0 Å². The number of aliphatic hydroxyl groups excluding tert-OH is 1. The summed E-state index contributed by atoms with van der Waals surface area (Å²) in [6.07, 6.45) is 3.32. The van der Waals surface area contributed by atoms with Gasteiger partial charge in [0.25, 0.3) is 10.0 Å². The van der Waals surface area contributed by atoms with Crippen molar-refractivity contribution in [1.29, 1.82) is 0 Å². The summed E-state index contributed by atoms with van der Waals surface area (Å²) in [7, 11) is -3.59. The van der Waals surface area contributed by atoms with Crippen molar-refractivity contribution < 1.29 is 13.5 Å². The minimum atomic E-state index is -3.59. The van der Waals surface area contributed by atoms with Gasteiger partial charge in [-0.25, -0.2) is 13.1 Å². The molecule has 7 heteroatoms. The lowest BCUT2D eigenvalue weighted by Gasteiger charge is -2.37. The molecule has 1 unspecified atom stereocenters. The third-order valence-electron chi connectivity index (χ3n) is 4.16. The molecule has 23 heavy (non-hydrogen) atoms. The first-order chi connectivity index (χ1) is 11.0. The molecule has 2 aromatic rings. The summed E-state index contributed by atoms with van der Waals surface area (Å²) in [4.78, 5) is 5.34. The molecular formula is C16H20N2O3S2. The van der Waals surface area contributed by atoms with Crippen LogP contribution in [0, 0.1) is 5.92 Å². The number of aromatic nitrogens is 1. The SMILES string of the molecule is CCc1ccc(S(=O)(=O)NC(c2ccccn2)C2CC(O)C2)s1. The Kier molecular flexibility index (Phi) is 4.82. The Balaban J connectivity index is 1.85. The number of nitrogens with zero attached hydrogens (tertiary/aromatic N) is 1. The molecule has 3 rings (SSSR count). The van der Waals surface area contributed by atoms with Crippen LogP contribution in [0.1, 0.15) is 36.4 Å². The number of rotatable bonds is 6. The van der Waals surface area contributed by atoms with Crippen molar-refractivity contribution in [2.75, 3.05) is 0 Å². The highest BCUT2D eigenvalue weighted by atomic mass is 32.2. The molecule has 1 saturated carbocycles. The zero-order valence-electron chi connectivity index (χ0n) is 12.8. The average Bonchev–Trinajstić information content (AvgIpc) is 3.01. The molecular weight excluding hydrogens is 332 g/mol. The van der Waals surface area contributed by atoms with E-state index < -0.39 is 16.1 Å². The van der Waals surface area contributed by atoms with E-state index in [1.807, 2.05) is 25.1 Å². The fraction of sp³-hybridized carbons (Fsp3) is 0.438. The van der Waals surface area contributed by atoms with Crippen LogP contribution < -0.4 is 4.72 Å². The third kappa shape index (κ3) is 3.63. The second-order valence-corrected chi connectivity index (χ2v) is 8.92. The highest BCUT2D eigenvalue weighted by molar-refractivity contribution is 7.91. The van der Waals surface area contributed by atoms with Gasteiger partial charge < -0.3 is 5.11 Å². The van der Waals surface area contributed by atoms with E-state index in [0.29, 0.717) is 22.7 Å². The molecule has 0 amide bonds. The number of aliphatic hydroxyl groups is 1. The number of thiophene rings is 1. The number of aryl methyl sites for hydroxylation is 1. The average molecular weight is 352 g/mol. The fourth-order valence-electron chi connectivity index (χ4n) is 2.78. The molecule has 1 atom stereocenters. The number of hydrogen-bond acceptors (Lipinski definition) is 5. The molecule has 0 bridgehead atoms. The van der Waals surface area contributed by atoms with Gasteiger partial charge in [-0.05, 0) is 49.4 Å². The van der Waals surface area contributed by atoms with Crippen LogP contribution in [0.15, 0.2) is 40.7 Å². The number of sulfonamides is 1. The van der Waals surface area contributed by atoms with Gasteiger partial charge >= 0.3 is 0 Å². The second-order valence-electron chi connectivity index (χ2n) is 5.81. The van der Waals surface area contributed by atoms with E-state index in [0.717, 1.165) is 11.3 Å². The maximum atomic E-state index is 12.7. The molecule has 0 spiro atoms. The van der Waals surface area contributed by atoms with E-state index in [1.165, 1.54) is 11.3 Å². The van der Waals surface area contributed by atoms with E-state index in [1.54, 1.807) is 18.3 Å². The van der Waals surface area contributed by atoms with Gasteiger partial charge in [0.15, 0.2) is 0 Å². The quantitative estimate of drug-likeness (QED) is 0.837. The van der Waals surface area contributed by atoms with E-state index >= 15 is 0 Å². The Morgan fingerprint density at radius 2 is 2.13 bits per heavy atom. The van der Waals surface area contributed by atoms with Crippen LogP contribution in [0.5, 0.6) is 0 Å². The summed E-state index contributed by atoms with van der Waals surface area (Å²) in [5.74, 6) is 0.0697. The minimum Gasteiger partial charge on any atom is -0.393 e. The van der Waals surface area contributed by atoms with Crippen LogP contribution in [0.3, 0.4) is 0 Å². The minimum absolute atomic E-state index is 0.0697. The standard InChI is InChI=1S/C16H20N2O3S2/c1-2-13-6-7-15(22-13)23(20,21)18-16(11-9-12(19)10-11)14-5-3-4-8-17-14/h3-8,11-12,16,18-19H,2,9-10H2,1H3. The van der Waals surface area contributed by atoms with Crippen molar-refractivity contribution in [3.63, 3.8) is 0 Å². The number of pyridine rings is 1. The van der Waals surface area contributed by atoms with Gasteiger partial charge in [0.2, 0.25) is 0 Å². The van der Waals surface area contributed by atoms with Crippen molar-refractivity contribution in [2.45, 2.75) is 42.5 Å². The summed E-state index contributed by atoms with van der Waals surface area (Å²) >= 11 is 1.29. The van der Waals surface area contributed by atoms with E-state index in [9.17, 15) is 13.5 Å². The van der Waals surface area contributed by atoms with Gasteiger partial charge in [0, 0.05) is 11.1 Å². The van der Waals surface area contributed by atoms with Crippen LogP contribution in [-0.2, 0) is 16.4 Å². The Morgan fingerprint density at radius 1 is 1.35 bits per heavy atom. The molecule has 5 nitrogen and oxygen atoms in total. The lowest BCUT2D eigenvalue weighted by Crippen LogP contribution is -2.41. The number of hydrogen-bond donors (Lipinski definition) is 2. The Labute approximate surface area is 140 Å². The van der Waals surface area contributed by atoms with Crippen molar-refractivity contribution in [3.8, 4) is 0 Å². The number of nitrogens with one attached hydrogen (secondary N) is 1. The zero-order valence-corrected chi connectivity index (χ0v) is 14.5. The molecule has 0 saturated heterocycles. The van der Waals surface area contributed by atoms with Crippen molar-refractivity contribution in [1.82, 2.24) is 9.71 Å². The van der Waals surface area contributed by atoms with Crippen molar-refractivity contribution in [2.24, 2.45) is 5.92 Å². The summed E-state index contributed by atoms with van der Waals surface area (Å²) in [5.41, 5.74) is 0.695. The monoisotopic (exact) mass is 352 g/mol. The van der Waals surface area contributed by atoms with Crippen molar-refractivity contribution in [3.05, 3.63) is 47.1 Å². The van der Waals surface area contributed by atoms with Crippen LogP contribution in [0.2, 0.25) is 0 Å². The first-order valence-electron chi connectivity index (χ1n) is 7.69. The first kappa shape index (κ1) is 16.6. The molecule has 2 aromatic heterocycles. The normalized spacial score (nSPS) is 22.5. The third-order valence-corrected chi connectivity index (χ3v) is 7.32. The van der Waals surface area contributed by atoms with Gasteiger partial charge in [0.05, 0.1) is 17.8 Å². The summed E-state index contributed by atoms with van der Waals surface area (Å²) in [6, 6.07) is 8.57. The lowest BCUT2D eigenvalue weighted by molar-refractivity contribution is 0.0273. The largest absolute Gasteiger partial charge is 0.393 e. The van der Waals surface area contributed by atoms with E-state index in [4.69, 9.17) is 0 Å². The zero-order chi connectivity index (χ0) is 16.4. The molecule has 0 aromatic carbocycles. The molecule has 2 heterocycles. The molecule has 0 radical (unpaired) electrons. The predicted octanol–water partition coefficient (Wildman–Crippen LogP) is 2.50. The summed E-state index contributed by atoms with van der Waals surface area (Å²) < 4.78 is 28.5. The van der Waals surface area contributed by atoms with Crippen LogP contribution in [-0.4, -0.2) is 24.6 Å². The molecule has 1 aliphatic carbocycles. The maximum Gasteiger partial charge on any atom is 0.250 e. The Morgan fingerprint density at radius 3 is 2.70 bits per heavy atom. The fourth-order valence-corrected chi connectivity index (χ4v) is 5.37. The van der Waals surface area contributed by atoms with Crippen LogP contribution in [0.4, 0.5) is 0 Å². The van der Waals surface area contributed by atoms with Gasteiger partial charge in [0.1, 0.15) is 4.21 Å². The predicted molar refractivity (Wildman–Crippen MR) is 89.7 cm³/mol. The van der Waals surface area contributed by atoms with Crippen molar-refractivity contribution >= 4 is 21.4 Å². The maximum absolute atomic E-state index is 12.7. The smallest absolute Gasteiger partial charge is 0.250 e. The highest BCUT2D eigenvalue weighted by Gasteiger charge is 2.38. The topological polar surface area (TPSA) is 79.3 Å². The Bertz CT molecular complexity index is 753. The molecule has 1 fully saturated rings. The van der Waals surface area contributed by atoms with Gasteiger partial charge in [-0.1, -0.05) is 13.0 Å². The summed E-state index contributed by atoms with van der Waals surface area (Å²) in [5, 5.41) is 9.57. The lowest BCUT2D eigenvalue weighted by atomic mass is 9.76. The Hall–Kier alpha value is -1.28. The van der Waals surface area contributed by atoms with Gasteiger partial charge in [-0.15, -0.1) is 11.3 Å². The molecule has 124 valence electrons. The van der Waals surface area contributed by atoms with Crippen LogP contribution >= 0.6 is 11.3 Å². The van der Waals surface area contributed by atoms with Gasteiger partial charge in [-0.3, -0.25) is 4.98 Å². The highest BCUT2D eigenvalue weighted by Crippen LogP contribution is 2.38. The molecule has 1 aliphatic rings. The first-order valence-corrected chi connectivity index (χ1v) is 9.99. The second kappa shape index (κ2) is 6.68. The van der Waals surface area contributed by atoms with Gasteiger partial charge in [-0.2, -0.15) is 0 Å².